The second kappa shape index (κ2) is 10.5. The maximum absolute atomic E-state index is 13.5. The van der Waals surface area contributed by atoms with Crippen LogP contribution in [0.15, 0.2) is 79.1 Å². The average molecular weight is 426 g/mol. The van der Waals surface area contributed by atoms with Gasteiger partial charge in [0.05, 0.1) is 12.3 Å². The van der Waals surface area contributed by atoms with Gasteiger partial charge in [-0.05, 0) is 54.2 Å². The number of benzene rings is 2. The number of nitrogens with zero attached hydrogens (tertiary/aromatic N) is 2. The van der Waals surface area contributed by atoms with Crippen molar-refractivity contribution in [3.8, 4) is 23.1 Å². The van der Waals surface area contributed by atoms with E-state index in [-0.39, 0.29) is 18.3 Å². The predicted molar refractivity (Wildman–Crippen MR) is 123 cm³/mol. The Bertz CT molecular complexity index is 1190. The van der Waals surface area contributed by atoms with Crippen molar-refractivity contribution in [2.45, 2.75) is 25.2 Å². The van der Waals surface area contributed by atoms with Crippen LogP contribution in [0, 0.1) is 17.7 Å². The van der Waals surface area contributed by atoms with Crippen molar-refractivity contribution in [2.75, 3.05) is 6.61 Å². The molecule has 32 heavy (non-hydrogen) atoms. The third kappa shape index (κ3) is 5.29. The molecule has 0 fully saturated rings. The summed E-state index contributed by atoms with van der Waals surface area (Å²) in [6.45, 7) is 0.0220. The number of H-pyrrole nitrogens is 1. The molecule has 0 radical (unpaired) electrons. The second-order valence-electron chi connectivity index (χ2n) is 7.48. The fourth-order valence-corrected chi connectivity index (χ4v) is 3.80. The van der Waals surface area contributed by atoms with Gasteiger partial charge in [0.25, 0.3) is 0 Å². The summed E-state index contributed by atoms with van der Waals surface area (Å²) < 4.78 is 13.5. The van der Waals surface area contributed by atoms with E-state index in [1.165, 1.54) is 17.7 Å². The van der Waals surface area contributed by atoms with Crippen LogP contribution in [-0.2, 0) is 6.42 Å². The number of halogens is 1. The molecular formula is C27H24FN3O. The molecule has 0 aliphatic rings. The lowest BCUT2D eigenvalue weighted by atomic mass is 9.86. The van der Waals surface area contributed by atoms with Gasteiger partial charge >= 0.3 is 0 Å². The summed E-state index contributed by atoms with van der Waals surface area (Å²) in [5.74, 6) is 6.39. The van der Waals surface area contributed by atoms with Crippen molar-refractivity contribution in [3.63, 3.8) is 0 Å². The number of aryl methyl sites for hydroxylation is 1. The Labute approximate surface area is 187 Å². The monoisotopic (exact) mass is 425 g/mol. The van der Waals surface area contributed by atoms with Crippen molar-refractivity contribution >= 4 is 0 Å². The van der Waals surface area contributed by atoms with Gasteiger partial charge in [-0.25, -0.2) is 9.37 Å². The molecule has 0 aliphatic carbocycles. The standard InChI is InChI=1S/C27H24FN3O/c28-23-11-9-21(10-12-23)24(20-6-2-1-3-7-20)13-14-25-27(22-15-17-29-18-16-22)31-26(30-25)8-4-5-19-32/h1-3,6-7,9-12,15-18,24,32H,5,13-14,19H2,(H,30,31). The highest BCUT2D eigenvalue weighted by Gasteiger charge is 2.18. The quantitative estimate of drug-likeness (QED) is 0.405. The van der Waals surface area contributed by atoms with E-state index in [9.17, 15) is 4.39 Å². The number of aliphatic hydroxyl groups is 1. The summed E-state index contributed by atoms with van der Waals surface area (Å²) >= 11 is 0. The molecule has 1 unspecified atom stereocenters. The van der Waals surface area contributed by atoms with E-state index < -0.39 is 0 Å². The minimum atomic E-state index is -0.236. The van der Waals surface area contributed by atoms with Gasteiger partial charge in [0.15, 0.2) is 5.82 Å². The Balaban J connectivity index is 1.65. The third-order valence-electron chi connectivity index (χ3n) is 5.33. The smallest absolute Gasteiger partial charge is 0.183 e. The van der Waals surface area contributed by atoms with Gasteiger partial charge in [-0.2, -0.15) is 0 Å². The number of pyridine rings is 1. The molecule has 2 N–H and O–H groups in total. The number of nitrogens with one attached hydrogen (secondary N) is 1. The molecule has 2 aromatic heterocycles. The molecule has 0 amide bonds. The molecule has 0 bridgehead atoms. The van der Waals surface area contributed by atoms with E-state index in [1.807, 2.05) is 42.5 Å². The lowest BCUT2D eigenvalue weighted by molar-refractivity contribution is 0.305. The molecular weight excluding hydrogens is 401 g/mol. The van der Waals surface area contributed by atoms with Crippen molar-refractivity contribution in [1.82, 2.24) is 15.0 Å². The van der Waals surface area contributed by atoms with Gasteiger partial charge in [-0.15, -0.1) is 0 Å². The van der Waals surface area contributed by atoms with Crippen LogP contribution in [0.3, 0.4) is 0 Å². The Kier molecular flexibility index (Phi) is 7.06. The first-order valence-electron chi connectivity index (χ1n) is 10.6. The number of aliphatic hydroxyl groups excluding tert-OH is 1. The number of hydrogen-bond acceptors (Lipinski definition) is 3. The fraction of sp³-hybridized carbons (Fsp3) is 0.185. The van der Waals surface area contributed by atoms with E-state index in [4.69, 9.17) is 10.1 Å². The molecule has 0 saturated heterocycles. The third-order valence-corrected chi connectivity index (χ3v) is 5.33. The summed E-state index contributed by atoms with van der Waals surface area (Å²) in [6, 6.07) is 20.9. The molecule has 2 heterocycles. The zero-order valence-corrected chi connectivity index (χ0v) is 17.6. The maximum Gasteiger partial charge on any atom is 0.183 e. The number of aromatic nitrogens is 3. The molecule has 1 atom stereocenters. The highest BCUT2D eigenvalue weighted by Crippen LogP contribution is 2.31. The van der Waals surface area contributed by atoms with Gasteiger partial charge in [0, 0.05) is 36.0 Å². The van der Waals surface area contributed by atoms with Crippen molar-refractivity contribution in [2.24, 2.45) is 0 Å². The van der Waals surface area contributed by atoms with E-state index in [1.54, 1.807) is 12.4 Å². The summed E-state index contributed by atoms with van der Waals surface area (Å²) in [4.78, 5) is 12.2. The Morgan fingerprint density at radius 2 is 1.66 bits per heavy atom. The first-order valence-corrected chi connectivity index (χ1v) is 10.6. The molecule has 5 heteroatoms. The lowest BCUT2D eigenvalue weighted by Gasteiger charge is -2.18. The van der Waals surface area contributed by atoms with Gasteiger partial charge in [0.1, 0.15) is 5.82 Å². The van der Waals surface area contributed by atoms with Crippen LogP contribution in [0.25, 0.3) is 11.3 Å². The van der Waals surface area contributed by atoms with E-state index in [0.717, 1.165) is 35.4 Å². The van der Waals surface area contributed by atoms with Crippen LogP contribution in [0.1, 0.15) is 41.4 Å². The maximum atomic E-state index is 13.5. The summed E-state index contributed by atoms with van der Waals surface area (Å²) in [7, 11) is 0. The van der Waals surface area contributed by atoms with Crippen molar-refractivity contribution < 1.29 is 9.50 Å². The van der Waals surface area contributed by atoms with Crippen LogP contribution in [-0.4, -0.2) is 26.7 Å². The van der Waals surface area contributed by atoms with E-state index >= 15 is 0 Å². The SMILES string of the molecule is OCCC#Cc1nc(-c2ccncc2)c(CCC(c2ccccc2)c2ccc(F)cc2)[nH]1. The molecule has 4 nitrogen and oxygen atoms in total. The largest absolute Gasteiger partial charge is 0.395 e. The highest BCUT2D eigenvalue weighted by atomic mass is 19.1. The number of imidazole rings is 1. The fourth-order valence-electron chi connectivity index (χ4n) is 3.80. The molecule has 0 aliphatic heterocycles. The zero-order valence-electron chi connectivity index (χ0n) is 17.6. The number of rotatable bonds is 7. The Morgan fingerprint density at radius 1 is 0.938 bits per heavy atom. The minimum absolute atomic E-state index is 0.0220. The van der Waals surface area contributed by atoms with Gasteiger partial charge in [-0.3, -0.25) is 4.98 Å². The molecule has 160 valence electrons. The number of aromatic amines is 1. The van der Waals surface area contributed by atoms with Crippen LogP contribution < -0.4 is 0 Å². The van der Waals surface area contributed by atoms with E-state index in [0.29, 0.717) is 12.2 Å². The summed E-state index contributed by atoms with van der Waals surface area (Å²) in [6.07, 6.45) is 5.45. The molecule has 4 rings (SSSR count). The zero-order chi connectivity index (χ0) is 22.2. The topological polar surface area (TPSA) is 61.8 Å². The average Bonchev–Trinajstić information content (AvgIpc) is 3.25. The molecule has 4 aromatic rings. The van der Waals surface area contributed by atoms with Crippen LogP contribution in [0.2, 0.25) is 0 Å². The Hall–Kier alpha value is -3.75. The van der Waals surface area contributed by atoms with Crippen LogP contribution >= 0.6 is 0 Å². The second-order valence-corrected chi connectivity index (χ2v) is 7.48. The van der Waals surface area contributed by atoms with Crippen molar-refractivity contribution in [1.29, 1.82) is 0 Å². The normalized spacial score (nSPS) is 11.6. The predicted octanol–water partition coefficient (Wildman–Crippen LogP) is 5.11. The highest BCUT2D eigenvalue weighted by molar-refractivity contribution is 5.62. The number of hydrogen-bond donors (Lipinski definition) is 2. The van der Waals surface area contributed by atoms with Gasteiger partial charge in [0.2, 0.25) is 0 Å². The first-order chi connectivity index (χ1) is 15.7. The molecule has 0 spiro atoms. The van der Waals surface area contributed by atoms with Crippen LogP contribution in [0.5, 0.6) is 0 Å². The summed E-state index contributed by atoms with van der Waals surface area (Å²) in [5, 5.41) is 9.00. The first kappa shape index (κ1) is 21.5. The minimum Gasteiger partial charge on any atom is -0.395 e. The van der Waals surface area contributed by atoms with Crippen molar-refractivity contribution in [3.05, 3.63) is 108 Å². The van der Waals surface area contributed by atoms with Gasteiger partial charge in [-0.1, -0.05) is 48.4 Å². The lowest BCUT2D eigenvalue weighted by Crippen LogP contribution is -2.04. The summed E-state index contributed by atoms with van der Waals surface area (Å²) in [5.41, 5.74) is 5.08. The molecule has 0 saturated carbocycles. The Morgan fingerprint density at radius 3 is 2.38 bits per heavy atom. The van der Waals surface area contributed by atoms with Gasteiger partial charge < -0.3 is 10.1 Å². The molecule has 2 aromatic carbocycles. The van der Waals surface area contributed by atoms with E-state index in [2.05, 4.69) is 33.9 Å². The van der Waals surface area contributed by atoms with Crippen LogP contribution in [0.4, 0.5) is 4.39 Å².